The summed E-state index contributed by atoms with van der Waals surface area (Å²) in [5.41, 5.74) is 1.83. The van der Waals surface area contributed by atoms with E-state index in [4.69, 9.17) is 14.2 Å². The summed E-state index contributed by atoms with van der Waals surface area (Å²) in [4.78, 5) is 27.8. The van der Waals surface area contributed by atoms with Crippen molar-refractivity contribution < 1.29 is 23.8 Å². The summed E-state index contributed by atoms with van der Waals surface area (Å²) in [7, 11) is 4.57. The first kappa shape index (κ1) is 20.1. The van der Waals surface area contributed by atoms with E-state index in [9.17, 15) is 9.59 Å². The lowest BCUT2D eigenvalue weighted by Crippen LogP contribution is -2.50. The number of likely N-dealkylation sites (tertiary alicyclic amines) is 1. The topological polar surface area (TPSA) is 77.1 Å². The molecule has 0 radical (unpaired) electrons. The van der Waals surface area contributed by atoms with E-state index in [1.54, 1.807) is 17.0 Å². The van der Waals surface area contributed by atoms with Gasteiger partial charge in [0.25, 0.3) is 11.8 Å². The van der Waals surface area contributed by atoms with E-state index in [0.717, 1.165) is 30.4 Å². The number of benzene rings is 2. The van der Waals surface area contributed by atoms with Gasteiger partial charge in [0.05, 0.1) is 26.9 Å². The van der Waals surface area contributed by atoms with E-state index in [1.165, 1.54) is 21.3 Å². The molecule has 30 heavy (non-hydrogen) atoms. The quantitative estimate of drug-likeness (QED) is 0.839. The highest BCUT2D eigenvalue weighted by atomic mass is 16.5. The molecule has 158 valence electrons. The highest BCUT2D eigenvalue weighted by molar-refractivity contribution is 5.98. The van der Waals surface area contributed by atoms with Crippen LogP contribution in [0.1, 0.15) is 39.1 Å². The lowest BCUT2D eigenvalue weighted by atomic mass is 9.91. The Morgan fingerprint density at radius 1 is 1.03 bits per heavy atom. The van der Waals surface area contributed by atoms with Gasteiger partial charge in [-0.3, -0.25) is 9.59 Å². The van der Waals surface area contributed by atoms with Gasteiger partial charge >= 0.3 is 0 Å². The van der Waals surface area contributed by atoms with Gasteiger partial charge < -0.3 is 24.4 Å². The Hall–Kier alpha value is -3.22. The van der Waals surface area contributed by atoms with E-state index < -0.39 is 5.54 Å². The summed E-state index contributed by atoms with van der Waals surface area (Å²) in [5, 5.41) is 3.21. The molecule has 2 aliphatic rings. The predicted molar refractivity (Wildman–Crippen MR) is 112 cm³/mol. The maximum Gasteiger partial charge on any atom is 0.254 e. The SMILES string of the molecule is COc1cc(C(=O)N2CCC3(CCc4ccccc4C(=O)N3)C2)cc(OC)c1OC. The van der Waals surface area contributed by atoms with Crippen LogP contribution in [0.4, 0.5) is 0 Å². The fourth-order valence-electron chi connectivity index (χ4n) is 4.44. The summed E-state index contributed by atoms with van der Waals surface area (Å²) in [6.07, 6.45) is 2.33. The van der Waals surface area contributed by atoms with Crippen LogP contribution in [0.5, 0.6) is 17.2 Å². The Morgan fingerprint density at radius 2 is 1.73 bits per heavy atom. The zero-order chi connectivity index (χ0) is 21.3. The van der Waals surface area contributed by atoms with E-state index in [1.807, 2.05) is 24.3 Å². The second-order valence-electron chi connectivity index (χ2n) is 7.78. The first-order valence-electron chi connectivity index (χ1n) is 10.00. The lowest BCUT2D eigenvalue weighted by Gasteiger charge is -2.29. The molecule has 7 nitrogen and oxygen atoms in total. The van der Waals surface area contributed by atoms with E-state index >= 15 is 0 Å². The lowest BCUT2D eigenvalue weighted by molar-refractivity contribution is 0.0763. The van der Waals surface area contributed by atoms with Crippen LogP contribution in [0.15, 0.2) is 36.4 Å². The molecule has 1 saturated heterocycles. The number of nitrogens with one attached hydrogen (secondary N) is 1. The third-order valence-corrected chi connectivity index (χ3v) is 6.07. The van der Waals surface area contributed by atoms with Gasteiger partial charge in [-0.15, -0.1) is 0 Å². The molecular weight excluding hydrogens is 384 g/mol. The van der Waals surface area contributed by atoms with E-state index in [2.05, 4.69) is 5.32 Å². The van der Waals surface area contributed by atoms with Gasteiger partial charge in [-0.25, -0.2) is 0 Å². The van der Waals surface area contributed by atoms with Gasteiger partial charge in [-0.05, 0) is 43.0 Å². The van der Waals surface area contributed by atoms with Crippen LogP contribution in [0, 0.1) is 0 Å². The second kappa shape index (κ2) is 7.89. The van der Waals surface area contributed by atoms with Crippen LogP contribution in [0.3, 0.4) is 0 Å². The third-order valence-electron chi connectivity index (χ3n) is 6.07. The van der Waals surface area contributed by atoms with Crippen molar-refractivity contribution in [2.45, 2.75) is 24.8 Å². The molecule has 1 unspecified atom stereocenters. The van der Waals surface area contributed by atoms with Crippen molar-refractivity contribution in [1.82, 2.24) is 10.2 Å². The van der Waals surface area contributed by atoms with Crippen LogP contribution in [-0.4, -0.2) is 56.7 Å². The minimum Gasteiger partial charge on any atom is -0.493 e. The summed E-state index contributed by atoms with van der Waals surface area (Å²) < 4.78 is 16.1. The molecule has 1 fully saturated rings. The number of methoxy groups -OCH3 is 3. The molecule has 1 atom stereocenters. The van der Waals surface area contributed by atoms with Crippen molar-refractivity contribution in [2.24, 2.45) is 0 Å². The molecule has 4 rings (SSSR count). The largest absolute Gasteiger partial charge is 0.493 e. The number of carbonyl (C=O) groups excluding carboxylic acids is 2. The van der Waals surface area contributed by atoms with Crippen LogP contribution in [0.2, 0.25) is 0 Å². The zero-order valence-corrected chi connectivity index (χ0v) is 17.5. The van der Waals surface area contributed by atoms with Crippen molar-refractivity contribution in [2.75, 3.05) is 34.4 Å². The number of amides is 2. The summed E-state index contributed by atoms with van der Waals surface area (Å²) >= 11 is 0. The van der Waals surface area contributed by atoms with Gasteiger partial charge in [-0.1, -0.05) is 18.2 Å². The fraction of sp³-hybridized carbons (Fsp3) is 0.391. The van der Waals surface area contributed by atoms with E-state index in [-0.39, 0.29) is 11.8 Å². The first-order valence-corrected chi connectivity index (χ1v) is 10.00. The van der Waals surface area contributed by atoms with Gasteiger partial charge in [0, 0.05) is 24.2 Å². The standard InChI is InChI=1S/C23H26N2O5/c1-28-18-12-16(13-19(29-2)20(18)30-3)22(27)25-11-10-23(14-25)9-8-15-6-4-5-7-17(15)21(26)24-23/h4-7,12-13H,8-11,14H2,1-3H3,(H,24,26). The maximum atomic E-state index is 13.3. The number of hydrogen-bond donors (Lipinski definition) is 1. The Labute approximate surface area is 175 Å². The van der Waals surface area contributed by atoms with Crippen LogP contribution in [-0.2, 0) is 6.42 Å². The molecule has 2 amide bonds. The number of carbonyl (C=O) groups is 2. The number of fused-ring (bicyclic) bond motifs is 1. The van der Waals surface area contributed by atoms with Gasteiger partial charge in [0.1, 0.15) is 0 Å². The van der Waals surface area contributed by atoms with Crippen molar-refractivity contribution in [3.63, 3.8) is 0 Å². The minimum absolute atomic E-state index is 0.0646. The Bertz CT molecular complexity index is 964. The molecule has 7 heteroatoms. The van der Waals surface area contributed by atoms with Crippen molar-refractivity contribution in [3.8, 4) is 17.2 Å². The first-order chi connectivity index (χ1) is 14.5. The molecule has 0 saturated carbocycles. The number of aryl methyl sites for hydroxylation is 1. The molecule has 2 heterocycles. The number of rotatable bonds is 4. The summed E-state index contributed by atoms with van der Waals surface area (Å²) in [5.74, 6) is 1.13. The molecule has 2 aromatic rings. The average Bonchev–Trinajstić information content (AvgIpc) is 3.13. The van der Waals surface area contributed by atoms with Crippen molar-refractivity contribution >= 4 is 11.8 Å². The highest BCUT2D eigenvalue weighted by Crippen LogP contribution is 2.39. The smallest absolute Gasteiger partial charge is 0.254 e. The monoisotopic (exact) mass is 410 g/mol. The second-order valence-corrected chi connectivity index (χ2v) is 7.78. The maximum absolute atomic E-state index is 13.3. The van der Waals surface area contributed by atoms with E-state index in [0.29, 0.717) is 35.9 Å². The Balaban J connectivity index is 1.56. The van der Waals surface area contributed by atoms with Gasteiger partial charge in [0.15, 0.2) is 11.5 Å². The summed E-state index contributed by atoms with van der Waals surface area (Å²) in [6, 6.07) is 11.0. The average molecular weight is 410 g/mol. The molecule has 1 N–H and O–H groups in total. The summed E-state index contributed by atoms with van der Waals surface area (Å²) in [6.45, 7) is 1.05. The molecule has 0 aromatic heterocycles. The predicted octanol–water partition coefficient (Wildman–Crippen LogP) is 2.67. The van der Waals surface area contributed by atoms with Gasteiger partial charge in [0.2, 0.25) is 5.75 Å². The van der Waals surface area contributed by atoms with Crippen LogP contribution in [0.25, 0.3) is 0 Å². The Kier molecular flexibility index (Phi) is 5.28. The minimum atomic E-state index is -0.410. The van der Waals surface area contributed by atoms with Crippen LogP contribution >= 0.6 is 0 Å². The number of nitrogens with zero attached hydrogens (tertiary/aromatic N) is 1. The Morgan fingerprint density at radius 3 is 2.40 bits per heavy atom. The molecular formula is C23H26N2O5. The fourth-order valence-corrected chi connectivity index (χ4v) is 4.44. The number of ether oxygens (including phenoxy) is 3. The molecule has 0 bridgehead atoms. The molecule has 1 spiro atoms. The van der Waals surface area contributed by atoms with Gasteiger partial charge in [-0.2, -0.15) is 0 Å². The highest BCUT2D eigenvalue weighted by Gasteiger charge is 2.43. The normalized spacial score (nSPS) is 20.4. The molecule has 2 aromatic carbocycles. The third kappa shape index (κ3) is 3.44. The molecule has 2 aliphatic heterocycles. The van der Waals surface area contributed by atoms with Crippen molar-refractivity contribution in [3.05, 3.63) is 53.1 Å². The number of hydrogen-bond acceptors (Lipinski definition) is 5. The van der Waals surface area contributed by atoms with Crippen molar-refractivity contribution in [1.29, 1.82) is 0 Å². The van der Waals surface area contributed by atoms with Crippen LogP contribution < -0.4 is 19.5 Å². The molecule has 0 aliphatic carbocycles. The zero-order valence-electron chi connectivity index (χ0n) is 17.5.